The van der Waals surface area contributed by atoms with Crippen LogP contribution in [0.2, 0.25) is 0 Å². The molecule has 1 fully saturated rings. The van der Waals surface area contributed by atoms with E-state index in [4.69, 9.17) is 14.6 Å². The average molecular weight is 431 g/mol. The number of nitrogens with zero attached hydrogens (tertiary/aromatic N) is 2. The Bertz CT molecular complexity index is 709. The fraction of sp³-hybridized carbons (Fsp3) is 0.600. The molecule has 0 bridgehead atoms. The van der Waals surface area contributed by atoms with Crippen LogP contribution >= 0.6 is 0 Å². The van der Waals surface area contributed by atoms with Gasteiger partial charge in [-0.15, -0.1) is 0 Å². The normalized spacial score (nSPS) is 17.9. The van der Waals surface area contributed by atoms with Gasteiger partial charge in [-0.05, 0) is 24.0 Å². The van der Waals surface area contributed by atoms with E-state index in [0.717, 1.165) is 32.5 Å². The van der Waals surface area contributed by atoms with Crippen molar-refractivity contribution in [1.82, 2.24) is 15.1 Å². The standard InChI is InChI=1S/C18H27N3O2.C2HF3O2/c1-2-17(13-19-18(22)20-9-11-23-12-10-20)21-8-7-15-5-3-4-6-16(15)14-21;3-2(4,5)1(6)7/h3-6,17H,2,7-14H2,1H3,(H,19,22);(H,6,7). The molecule has 2 heterocycles. The van der Waals surface area contributed by atoms with Crippen molar-refractivity contribution < 1.29 is 32.6 Å². The predicted molar refractivity (Wildman–Crippen MR) is 104 cm³/mol. The summed E-state index contributed by atoms with van der Waals surface area (Å²) in [6, 6.07) is 9.13. The molecule has 168 valence electrons. The Morgan fingerprint density at radius 2 is 1.77 bits per heavy atom. The summed E-state index contributed by atoms with van der Waals surface area (Å²) in [6.07, 6.45) is -2.93. The zero-order valence-electron chi connectivity index (χ0n) is 17.0. The van der Waals surface area contributed by atoms with E-state index in [1.165, 1.54) is 11.1 Å². The first-order chi connectivity index (χ1) is 14.2. The zero-order chi connectivity index (χ0) is 22.1. The van der Waals surface area contributed by atoms with Crippen molar-refractivity contribution >= 4 is 12.0 Å². The fourth-order valence-electron chi connectivity index (χ4n) is 3.44. The van der Waals surface area contributed by atoms with Gasteiger partial charge in [0.2, 0.25) is 0 Å². The molecular weight excluding hydrogens is 403 g/mol. The van der Waals surface area contributed by atoms with Gasteiger partial charge in [0, 0.05) is 38.8 Å². The van der Waals surface area contributed by atoms with E-state index in [0.29, 0.717) is 32.3 Å². The number of benzene rings is 1. The number of morpholine rings is 1. The summed E-state index contributed by atoms with van der Waals surface area (Å²) >= 11 is 0. The maximum Gasteiger partial charge on any atom is 0.490 e. The maximum absolute atomic E-state index is 12.2. The molecule has 2 amide bonds. The summed E-state index contributed by atoms with van der Waals surface area (Å²) in [7, 11) is 0. The molecule has 3 rings (SSSR count). The van der Waals surface area contributed by atoms with Crippen molar-refractivity contribution in [1.29, 1.82) is 0 Å². The van der Waals surface area contributed by atoms with Crippen LogP contribution in [0.5, 0.6) is 0 Å². The molecule has 0 aliphatic carbocycles. The van der Waals surface area contributed by atoms with Gasteiger partial charge >= 0.3 is 18.2 Å². The lowest BCUT2D eigenvalue weighted by Gasteiger charge is -2.36. The number of rotatable bonds is 4. The van der Waals surface area contributed by atoms with Gasteiger partial charge in [0.15, 0.2) is 0 Å². The number of aliphatic carboxylic acids is 1. The SMILES string of the molecule is CCC(CNC(=O)N1CCOCC1)N1CCc2ccccc2C1.O=C(O)C(F)(F)F. The summed E-state index contributed by atoms with van der Waals surface area (Å²) in [5, 5.41) is 10.2. The summed E-state index contributed by atoms with van der Waals surface area (Å²) in [5.41, 5.74) is 2.90. The van der Waals surface area contributed by atoms with Crippen LogP contribution in [-0.2, 0) is 22.5 Å². The number of carbonyl (C=O) groups excluding carboxylic acids is 1. The molecule has 0 saturated carbocycles. The first-order valence-corrected chi connectivity index (χ1v) is 9.93. The van der Waals surface area contributed by atoms with Gasteiger partial charge < -0.3 is 20.1 Å². The van der Waals surface area contributed by atoms with Crippen LogP contribution in [0.25, 0.3) is 0 Å². The van der Waals surface area contributed by atoms with Crippen LogP contribution in [0.4, 0.5) is 18.0 Å². The third-order valence-corrected chi connectivity index (χ3v) is 5.18. The quantitative estimate of drug-likeness (QED) is 0.766. The molecule has 0 aromatic heterocycles. The van der Waals surface area contributed by atoms with Crippen molar-refractivity contribution in [2.75, 3.05) is 39.4 Å². The number of urea groups is 1. The highest BCUT2D eigenvalue weighted by Gasteiger charge is 2.38. The summed E-state index contributed by atoms with van der Waals surface area (Å²) < 4.78 is 37.0. The smallest absolute Gasteiger partial charge is 0.475 e. The number of hydrogen-bond donors (Lipinski definition) is 2. The first-order valence-electron chi connectivity index (χ1n) is 9.93. The molecule has 0 spiro atoms. The van der Waals surface area contributed by atoms with Crippen molar-refractivity contribution in [3.05, 3.63) is 35.4 Å². The maximum atomic E-state index is 12.2. The molecule has 30 heavy (non-hydrogen) atoms. The van der Waals surface area contributed by atoms with Crippen LogP contribution in [0.3, 0.4) is 0 Å². The number of fused-ring (bicyclic) bond motifs is 1. The van der Waals surface area contributed by atoms with Gasteiger partial charge in [-0.25, -0.2) is 9.59 Å². The van der Waals surface area contributed by atoms with Gasteiger partial charge in [0.25, 0.3) is 0 Å². The first kappa shape index (κ1) is 23.9. The number of carboxylic acid groups (broad SMARTS) is 1. The molecule has 10 heteroatoms. The van der Waals surface area contributed by atoms with Crippen molar-refractivity contribution in [3.8, 4) is 0 Å². The number of alkyl halides is 3. The van der Waals surface area contributed by atoms with E-state index >= 15 is 0 Å². The molecule has 0 radical (unpaired) electrons. The monoisotopic (exact) mass is 431 g/mol. The number of ether oxygens (including phenoxy) is 1. The predicted octanol–water partition coefficient (Wildman–Crippen LogP) is 2.50. The summed E-state index contributed by atoms with van der Waals surface area (Å²) in [6.45, 7) is 7.66. The molecule has 2 aliphatic rings. The number of amides is 2. The Labute approximate surface area is 173 Å². The molecule has 2 aliphatic heterocycles. The van der Waals surface area contributed by atoms with Crippen LogP contribution in [0.1, 0.15) is 24.5 Å². The molecule has 1 aromatic rings. The minimum Gasteiger partial charge on any atom is -0.475 e. The highest BCUT2D eigenvalue weighted by Crippen LogP contribution is 2.21. The van der Waals surface area contributed by atoms with Gasteiger partial charge in [-0.1, -0.05) is 31.2 Å². The lowest BCUT2D eigenvalue weighted by Crippen LogP contribution is -2.51. The van der Waals surface area contributed by atoms with Gasteiger partial charge in [-0.3, -0.25) is 4.90 Å². The Morgan fingerprint density at radius 3 is 2.33 bits per heavy atom. The summed E-state index contributed by atoms with van der Waals surface area (Å²) in [5.74, 6) is -2.76. The lowest BCUT2D eigenvalue weighted by molar-refractivity contribution is -0.192. The number of hydrogen-bond acceptors (Lipinski definition) is 4. The number of carbonyl (C=O) groups is 2. The number of nitrogens with one attached hydrogen (secondary N) is 1. The second-order valence-electron chi connectivity index (χ2n) is 7.14. The minimum absolute atomic E-state index is 0.0455. The zero-order valence-corrected chi connectivity index (χ0v) is 17.0. The Kier molecular flexibility index (Phi) is 8.91. The average Bonchev–Trinajstić information content (AvgIpc) is 2.74. The van der Waals surface area contributed by atoms with E-state index in [2.05, 4.69) is 41.4 Å². The molecule has 2 N–H and O–H groups in total. The van der Waals surface area contributed by atoms with Crippen LogP contribution in [0, 0.1) is 0 Å². The second-order valence-corrected chi connectivity index (χ2v) is 7.14. The molecule has 1 unspecified atom stereocenters. The van der Waals surface area contributed by atoms with Crippen molar-refractivity contribution in [3.63, 3.8) is 0 Å². The Morgan fingerprint density at radius 1 is 1.17 bits per heavy atom. The Balaban J connectivity index is 0.000000396. The van der Waals surface area contributed by atoms with E-state index in [1.54, 1.807) is 0 Å². The van der Waals surface area contributed by atoms with Gasteiger partial charge in [0.1, 0.15) is 0 Å². The largest absolute Gasteiger partial charge is 0.490 e. The molecule has 1 saturated heterocycles. The van der Waals surface area contributed by atoms with E-state index < -0.39 is 12.1 Å². The van der Waals surface area contributed by atoms with Crippen molar-refractivity contribution in [2.45, 2.75) is 38.5 Å². The molecule has 7 nitrogen and oxygen atoms in total. The second kappa shape index (κ2) is 11.2. The topological polar surface area (TPSA) is 82.1 Å². The van der Waals surface area contributed by atoms with Crippen LogP contribution in [-0.4, -0.2) is 78.5 Å². The highest BCUT2D eigenvalue weighted by molar-refractivity contribution is 5.74. The van der Waals surface area contributed by atoms with Gasteiger partial charge in [0.05, 0.1) is 13.2 Å². The third kappa shape index (κ3) is 7.17. The van der Waals surface area contributed by atoms with E-state index in [-0.39, 0.29) is 6.03 Å². The van der Waals surface area contributed by atoms with Crippen LogP contribution in [0.15, 0.2) is 24.3 Å². The Hall–Kier alpha value is -2.33. The number of halogens is 3. The fourth-order valence-corrected chi connectivity index (χ4v) is 3.44. The van der Waals surface area contributed by atoms with Gasteiger partial charge in [-0.2, -0.15) is 13.2 Å². The molecular formula is C20H28F3N3O4. The van der Waals surface area contributed by atoms with E-state index in [1.807, 2.05) is 4.90 Å². The van der Waals surface area contributed by atoms with E-state index in [9.17, 15) is 18.0 Å². The molecule has 1 aromatic carbocycles. The minimum atomic E-state index is -5.08. The van der Waals surface area contributed by atoms with Crippen molar-refractivity contribution in [2.24, 2.45) is 0 Å². The third-order valence-electron chi connectivity index (χ3n) is 5.18. The number of carboxylic acids is 1. The van der Waals surface area contributed by atoms with Crippen LogP contribution < -0.4 is 5.32 Å². The summed E-state index contributed by atoms with van der Waals surface area (Å²) in [4.78, 5) is 25.5. The highest BCUT2D eigenvalue weighted by atomic mass is 19.4. The lowest BCUT2D eigenvalue weighted by atomic mass is 9.98. The molecule has 1 atom stereocenters.